The van der Waals surface area contributed by atoms with Gasteiger partial charge in [-0.25, -0.2) is 8.78 Å². The van der Waals surface area contributed by atoms with E-state index < -0.39 is 13.3 Å². The Morgan fingerprint density at radius 3 is 1.78 bits per heavy atom. The van der Waals surface area contributed by atoms with E-state index in [2.05, 4.69) is 0 Å². The molecule has 2 atom stereocenters. The summed E-state index contributed by atoms with van der Waals surface area (Å²) in [7, 11) is 0. The van der Waals surface area contributed by atoms with Crippen LogP contribution < -0.4 is 0 Å². The topological polar surface area (TPSA) is 9.23 Å². The van der Waals surface area contributed by atoms with Crippen molar-refractivity contribution in [3.63, 3.8) is 0 Å². The van der Waals surface area contributed by atoms with Crippen molar-refractivity contribution in [3.8, 4) is 0 Å². The highest BCUT2D eigenvalue weighted by atomic mass is 19.1. The predicted octanol–water partition coefficient (Wildman–Crippen LogP) is 1.47. The Morgan fingerprint density at radius 1 is 1.11 bits per heavy atom. The number of ether oxygens (including phenoxy) is 1. The van der Waals surface area contributed by atoms with E-state index in [1.807, 2.05) is 0 Å². The van der Waals surface area contributed by atoms with Crippen molar-refractivity contribution in [2.45, 2.75) is 25.0 Å². The Balaban J connectivity index is 2.20. The number of halogens is 2. The van der Waals surface area contributed by atoms with Crippen molar-refractivity contribution in [1.29, 1.82) is 0 Å². The molecule has 1 heterocycles. The van der Waals surface area contributed by atoms with Gasteiger partial charge in [0.05, 0.1) is 12.2 Å². The molecule has 9 heavy (non-hydrogen) atoms. The Labute approximate surface area is 53.0 Å². The van der Waals surface area contributed by atoms with Crippen molar-refractivity contribution in [3.05, 3.63) is 0 Å². The Bertz CT molecular complexity index is 77.1. The first-order valence-electron chi connectivity index (χ1n) is 3.14. The lowest BCUT2D eigenvalue weighted by atomic mass is 10.2. The summed E-state index contributed by atoms with van der Waals surface area (Å²) in [5.41, 5.74) is 0. The average Bonchev–Trinajstić information content (AvgIpc) is 2.34. The van der Waals surface area contributed by atoms with E-state index in [1.165, 1.54) is 0 Å². The molecule has 0 bridgehead atoms. The highest BCUT2D eigenvalue weighted by Gasteiger charge is 2.24. The molecule has 54 valence electrons. The van der Waals surface area contributed by atoms with Gasteiger partial charge in [0.15, 0.2) is 0 Å². The van der Waals surface area contributed by atoms with Gasteiger partial charge in [-0.15, -0.1) is 0 Å². The largest absolute Gasteiger partial charge is 0.370 e. The molecule has 0 aliphatic carbocycles. The first-order valence-corrected chi connectivity index (χ1v) is 3.14. The number of alkyl halides is 2. The lowest BCUT2D eigenvalue weighted by Gasteiger charge is -2.05. The third-order valence-corrected chi connectivity index (χ3v) is 1.54. The van der Waals surface area contributed by atoms with Crippen molar-refractivity contribution in [2.24, 2.45) is 0 Å². The molecule has 0 unspecified atom stereocenters. The summed E-state index contributed by atoms with van der Waals surface area (Å²) in [4.78, 5) is 0. The third-order valence-electron chi connectivity index (χ3n) is 1.54. The number of hydrogen-bond acceptors (Lipinski definition) is 1. The summed E-state index contributed by atoms with van der Waals surface area (Å²) in [6, 6.07) is 0. The normalized spacial score (nSPS) is 35.3. The molecule has 0 aromatic rings. The molecule has 0 radical (unpaired) electrons. The van der Waals surface area contributed by atoms with Gasteiger partial charge in [0.25, 0.3) is 0 Å². The van der Waals surface area contributed by atoms with Gasteiger partial charge in [0, 0.05) is 0 Å². The summed E-state index contributed by atoms with van der Waals surface area (Å²) in [6.45, 7) is -0.951. The second kappa shape index (κ2) is 3.11. The molecule has 0 saturated carbocycles. The van der Waals surface area contributed by atoms with E-state index in [9.17, 15) is 8.78 Å². The van der Waals surface area contributed by atoms with Crippen LogP contribution in [0.2, 0.25) is 0 Å². The third kappa shape index (κ3) is 1.61. The summed E-state index contributed by atoms with van der Waals surface area (Å²) >= 11 is 0. The fraction of sp³-hybridized carbons (Fsp3) is 1.00. The Hall–Kier alpha value is -0.180. The minimum absolute atomic E-state index is 0.328. The minimum atomic E-state index is -0.476. The van der Waals surface area contributed by atoms with Crippen LogP contribution in [0.3, 0.4) is 0 Å². The smallest absolute Gasteiger partial charge is 0.116 e. The maximum atomic E-state index is 11.8. The lowest BCUT2D eigenvalue weighted by molar-refractivity contribution is 0.0192. The second-order valence-electron chi connectivity index (χ2n) is 2.27. The van der Waals surface area contributed by atoms with Gasteiger partial charge >= 0.3 is 0 Å². The van der Waals surface area contributed by atoms with Crippen molar-refractivity contribution in [2.75, 3.05) is 13.3 Å². The van der Waals surface area contributed by atoms with Gasteiger partial charge in [-0.05, 0) is 12.8 Å². The molecule has 0 amide bonds. The summed E-state index contributed by atoms with van der Waals surface area (Å²) in [5, 5.41) is 0. The fourth-order valence-corrected chi connectivity index (χ4v) is 1.01. The molecular formula is C6H10F2O. The van der Waals surface area contributed by atoms with Gasteiger partial charge in [-0.3, -0.25) is 0 Å². The van der Waals surface area contributed by atoms with E-state index in [-0.39, 0.29) is 12.2 Å². The molecular weight excluding hydrogens is 126 g/mol. The van der Waals surface area contributed by atoms with Crippen LogP contribution in [0.25, 0.3) is 0 Å². The molecule has 0 spiro atoms. The van der Waals surface area contributed by atoms with Crippen LogP contribution >= 0.6 is 0 Å². The highest BCUT2D eigenvalue weighted by Crippen LogP contribution is 2.19. The Morgan fingerprint density at radius 2 is 1.56 bits per heavy atom. The molecule has 1 nitrogen and oxygen atoms in total. The zero-order chi connectivity index (χ0) is 6.69. The molecule has 3 heteroatoms. The highest BCUT2D eigenvalue weighted by molar-refractivity contribution is 4.71. The molecule has 0 aromatic carbocycles. The summed E-state index contributed by atoms with van der Waals surface area (Å²) in [5.74, 6) is 0. The monoisotopic (exact) mass is 136 g/mol. The van der Waals surface area contributed by atoms with Crippen LogP contribution in [0.15, 0.2) is 0 Å². The van der Waals surface area contributed by atoms with Crippen LogP contribution in [0.5, 0.6) is 0 Å². The molecule has 1 saturated heterocycles. The number of rotatable bonds is 2. The Kier molecular flexibility index (Phi) is 2.39. The van der Waals surface area contributed by atoms with Gasteiger partial charge in [-0.1, -0.05) is 0 Å². The maximum absolute atomic E-state index is 11.8. The summed E-state index contributed by atoms with van der Waals surface area (Å²) in [6.07, 6.45) is 0.687. The van der Waals surface area contributed by atoms with Crippen LogP contribution in [-0.2, 0) is 4.74 Å². The molecule has 1 fully saturated rings. The van der Waals surface area contributed by atoms with Crippen LogP contribution in [0.4, 0.5) is 8.78 Å². The van der Waals surface area contributed by atoms with E-state index in [4.69, 9.17) is 4.74 Å². The van der Waals surface area contributed by atoms with Gasteiger partial charge in [0.1, 0.15) is 13.3 Å². The standard InChI is InChI=1S/C6H10F2O/c7-3-5-1-2-6(4-8)9-5/h5-6H,1-4H2/t5-,6+. The van der Waals surface area contributed by atoms with E-state index >= 15 is 0 Å². The van der Waals surface area contributed by atoms with Crippen LogP contribution in [0, 0.1) is 0 Å². The van der Waals surface area contributed by atoms with E-state index in [0.29, 0.717) is 12.8 Å². The summed E-state index contributed by atoms with van der Waals surface area (Å²) < 4.78 is 28.4. The van der Waals surface area contributed by atoms with Gasteiger partial charge in [0.2, 0.25) is 0 Å². The van der Waals surface area contributed by atoms with Crippen LogP contribution in [-0.4, -0.2) is 25.6 Å². The van der Waals surface area contributed by atoms with Crippen molar-refractivity contribution in [1.82, 2.24) is 0 Å². The maximum Gasteiger partial charge on any atom is 0.116 e. The fourth-order valence-electron chi connectivity index (χ4n) is 1.01. The van der Waals surface area contributed by atoms with Crippen molar-refractivity contribution < 1.29 is 13.5 Å². The van der Waals surface area contributed by atoms with E-state index in [0.717, 1.165) is 0 Å². The molecule has 1 aliphatic rings. The second-order valence-corrected chi connectivity index (χ2v) is 2.27. The average molecular weight is 136 g/mol. The lowest BCUT2D eigenvalue weighted by Crippen LogP contribution is -2.13. The van der Waals surface area contributed by atoms with Crippen molar-refractivity contribution >= 4 is 0 Å². The zero-order valence-corrected chi connectivity index (χ0v) is 5.15. The van der Waals surface area contributed by atoms with E-state index in [1.54, 1.807) is 0 Å². The molecule has 0 aromatic heterocycles. The number of hydrogen-bond donors (Lipinski definition) is 0. The predicted molar refractivity (Wildman–Crippen MR) is 29.8 cm³/mol. The van der Waals surface area contributed by atoms with Gasteiger partial charge < -0.3 is 4.74 Å². The SMILES string of the molecule is FC[C@@H]1CC[C@H](CF)O1. The quantitative estimate of drug-likeness (QED) is 0.558. The van der Waals surface area contributed by atoms with Crippen LogP contribution in [0.1, 0.15) is 12.8 Å². The minimum Gasteiger partial charge on any atom is -0.370 e. The molecule has 1 aliphatic heterocycles. The zero-order valence-electron chi connectivity index (χ0n) is 5.15. The first-order chi connectivity index (χ1) is 4.36. The first kappa shape index (κ1) is 6.93. The molecule has 0 N–H and O–H groups in total. The van der Waals surface area contributed by atoms with Gasteiger partial charge in [-0.2, -0.15) is 0 Å². The molecule has 1 rings (SSSR count).